The van der Waals surface area contributed by atoms with Crippen molar-refractivity contribution in [2.45, 2.75) is 76.4 Å². The third kappa shape index (κ3) is 7.57. The molecular formula is C32H38BrN3O4S. The number of carbonyl (C=O) groups is 2. The molecule has 1 aliphatic carbocycles. The number of halogens is 1. The number of nitrogens with one attached hydrogen (secondary N) is 1. The molecule has 0 aromatic heterocycles. The number of nitrogens with zero attached hydrogens (tertiary/aromatic N) is 2. The standard InChI is InChI=1S/C32H38BrN3O4S/c1-4-30(32(38)34-27-13-7-8-14-27)35(21-25-11-6-5-10-24(25)3)31(37)22-36(28-15-9-12-26(33)20-28)41(39,40)29-18-16-23(2)17-19-29/h5-6,9-12,15-20,27,30H,4,7-8,13-14,21-22H2,1-3H3,(H,34,38). The van der Waals surface area contributed by atoms with Gasteiger partial charge in [-0.3, -0.25) is 13.9 Å². The molecule has 1 saturated carbocycles. The minimum absolute atomic E-state index is 0.0901. The van der Waals surface area contributed by atoms with Crippen LogP contribution in [0.2, 0.25) is 0 Å². The molecule has 2 amide bonds. The van der Waals surface area contributed by atoms with Crippen LogP contribution in [0.4, 0.5) is 5.69 Å². The van der Waals surface area contributed by atoms with E-state index in [1.807, 2.05) is 45.0 Å². The molecule has 0 saturated heterocycles. The molecule has 7 nitrogen and oxygen atoms in total. The second-order valence-corrected chi connectivity index (χ2v) is 13.4. The van der Waals surface area contributed by atoms with E-state index in [4.69, 9.17) is 0 Å². The Hall–Kier alpha value is -3.17. The summed E-state index contributed by atoms with van der Waals surface area (Å²) in [6, 6.07) is 20.5. The molecule has 0 spiro atoms. The van der Waals surface area contributed by atoms with Gasteiger partial charge in [-0.1, -0.05) is 83.7 Å². The van der Waals surface area contributed by atoms with Gasteiger partial charge in [-0.05, 0) is 74.6 Å². The van der Waals surface area contributed by atoms with Gasteiger partial charge in [0.2, 0.25) is 11.8 Å². The SMILES string of the molecule is CCC(C(=O)NC1CCCC1)N(Cc1ccccc1C)C(=O)CN(c1cccc(Br)c1)S(=O)(=O)c1ccc(C)cc1. The molecule has 3 aromatic carbocycles. The molecule has 218 valence electrons. The second-order valence-electron chi connectivity index (χ2n) is 10.7. The maximum atomic E-state index is 14.2. The van der Waals surface area contributed by atoms with Crippen molar-refractivity contribution in [2.24, 2.45) is 0 Å². The molecule has 0 aliphatic heterocycles. The molecule has 3 aromatic rings. The van der Waals surface area contributed by atoms with Crippen molar-refractivity contribution < 1.29 is 18.0 Å². The minimum atomic E-state index is -4.10. The van der Waals surface area contributed by atoms with Crippen LogP contribution in [0.25, 0.3) is 0 Å². The van der Waals surface area contributed by atoms with Crippen LogP contribution in [0.15, 0.2) is 82.2 Å². The van der Waals surface area contributed by atoms with Crippen LogP contribution >= 0.6 is 15.9 Å². The smallest absolute Gasteiger partial charge is 0.264 e. The van der Waals surface area contributed by atoms with Crippen LogP contribution in [0.1, 0.15) is 55.7 Å². The summed E-state index contributed by atoms with van der Waals surface area (Å²) in [7, 11) is -4.10. The van der Waals surface area contributed by atoms with Crippen molar-refractivity contribution in [3.05, 3.63) is 94.0 Å². The van der Waals surface area contributed by atoms with E-state index < -0.39 is 28.5 Å². The molecule has 1 aliphatic rings. The molecule has 1 fully saturated rings. The number of anilines is 1. The van der Waals surface area contributed by atoms with Gasteiger partial charge in [0.15, 0.2) is 0 Å². The van der Waals surface area contributed by atoms with Crippen molar-refractivity contribution in [3.63, 3.8) is 0 Å². The van der Waals surface area contributed by atoms with E-state index in [1.54, 1.807) is 53.4 Å². The fourth-order valence-electron chi connectivity index (χ4n) is 5.26. The van der Waals surface area contributed by atoms with Gasteiger partial charge in [-0.25, -0.2) is 8.42 Å². The normalized spacial score (nSPS) is 14.4. The average Bonchev–Trinajstić information content (AvgIpc) is 3.45. The Labute approximate surface area is 252 Å². The van der Waals surface area contributed by atoms with Gasteiger partial charge in [0.05, 0.1) is 10.6 Å². The Morgan fingerprint density at radius 1 is 0.976 bits per heavy atom. The van der Waals surface area contributed by atoms with Crippen LogP contribution in [0, 0.1) is 13.8 Å². The van der Waals surface area contributed by atoms with Crippen LogP contribution in [0.3, 0.4) is 0 Å². The van der Waals surface area contributed by atoms with E-state index in [9.17, 15) is 18.0 Å². The van der Waals surface area contributed by atoms with E-state index in [2.05, 4.69) is 21.2 Å². The Bertz CT molecular complexity index is 1470. The number of amides is 2. The van der Waals surface area contributed by atoms with Gasteiger partial charge in [0.25, 0.3) is 10.0 Å². The van der Waals surface area contributed by atoms with Crippen LogP contribution < -0.4 is 9.62 Å². The van der Waals surface area contributed by atoms with E-state index in [1.165, 1.54) is 0 Å². The molecule has 41 heavy (non-hydrogen) atoms. The predicted molar refractivity (Wildman–Crippen MR) is 166 cm³/mol. The highest BCUT2D eigenvalue weighted by Crippen LogP contribution is 2.28. The van der Waals surface area contributed by atoms with E-state index in [-0.39, 0.29) is 23.4 Å². The molecule has 0 radical (unpaired) electrons. The summed E-state index contributed by atoms with van der Waals surface area (Å²) in [5, 5.41) is 3.15. The monoisotopic (exact) mass is 639 g/mol. The first-order valence-corrected chi connectivity index (χ1v) is 16.3. The quantitative estimate of drug-likeness (QED) is 0.274. The van der Waals surface area contributed by atoms with Crippen LogP contribution in [-0.4, -0.2) is 43.8 Å². The van der Waals surface area contributed by atoms with E-state index >= 15 is 0 Å². The third-order valence-electron chi connectivity index (χ3n) is 7.67. The van der Waals surface area contributed by atoms with Gasteiger partial charge in [-0.2, -0.15) is 0 Å². The van der Waals surface area contributed by atoms with E-state index in [0.717, 1.165) is 46.7 Å². The van der Waals surface area contributed by atoms with Crippen molar-refractivity contribution >= 4 is 43.5 Å². The van der Waals surface area contributed by atoms with Crippen molar-refractivity contribution in [3.8, 4) is 0 Å². The number of benzene rings is 3. The lowest BCUT2D eigenvalue weighted by Crippen LogP contribution is -2.53. The molecule has 4 rings (SSSR count). The lowest BCUT2D eigenvalue weighted by atomic mass is 10.1. The zero-order valence-electron chi connectivity index (χ0n) is 23.8. The van der Waals surface area contributed by atoms with Gasteiger partial charge in [0.1, 0.15) is 12.6 Å². The topological polar surface area (TPSA) is 86.8 Å². The van der Waals surface area contributed by atoms with Crippen molar-refractivity contribution in [1.82, 2.24) is 10.2 Å². The molecule has 0 heterocycles. The summed E-state index contributed by atoms with van der Waals surface area (Å²) < 4.78 is 29.8. The minimum Gasteiger partial charge on any atom is -0.352 e. The number of hydrogen-bond acceptors (Lipinski definition) is 4. The van der Waals surface area contributed by atoms with Crippen LogP contribution in [0.5, 0.6) is 0 Å². The fraction of sp³-hybridized carbons (Fsp3) is 0.375. The average molecular weight is 641 g/mol. The maximum absolute atomic E-state index is 14.2. The molecule has 0 bridgehead atoms. The summed E-state index contributed by atoms with van der Waals surface area (Å²) in [6.45, 7) is 5.47. The summed E-state index contributed by atoms with van der Waals surface area (Å²) in [5.74, 6) is -0.644. The summed E-state index contributed by atoms with van der Waals surface area (Å²) in [6.07, 6.45) is 4.41. The Morgan fingerprint density at radius 2 is 1.66 bits per heavy atom. The largest absolute Gasteiger partial charge is 0.352 e. The van der Waals surface area contributed by atoms with Crippen molar-refractivity contribution in [1.29, 1.82) is 0 Å². The highest BCUT2D eigenvalue weighted by molar-refractivity contribution is 9.10. The number of sulfonamides is 1. The fourth-order valence-corrected chi connectivity index (χ4v) is 7.05. The number of aryl methyl sites for hydroxylation is 2. The van der Waals surface area contributed by atoms with Crippen LogP contribution in [-0.2, 0) is 26.2 Å². The number of carbonyl (C=O) groups excluding carboxylic acids is 2. The van der Waals surface area contributed by atoms with Gasteiger partial charge in [-0.15, -0.1) is 0 Å². The lowest BCUT2D eigenvalue weighted by Gasteiger charge is -2.34. The van der Waals surface area contributed by atoms with Crippen molar-refractivity contribution in [2.75, 3.05) is 10.8 Å². The zero-order chi connectivity index (χ0) is 29.6. The van der Waals surface area contributed by atoms with E-state index in [0.29, 0.717) is 16.6 Å². The highest BCUT2D eigenvalue weighted by Gasteiger charge is 2.34. The Kier molecular flexibility index (Phi) is 10.3. The molecule has 1 unspecified atom stereocenters. The summed E-state index contributed by atoms with van der Waals surface area (Å²) in [5.41, 5.74) is 3.18. The van der Waals surface area contributed by atoms with Gasteiger partial charge < -0.3 is 10.2 Å². The number of hydrogen-bond donors (Lipinski definition) is 1. The Balaban J connectivity index is 1.72. The van der Waals surface area contributed by atoms with Gasteiger partial charge >= 0.3 is 0 Å². The first kappa shape index (κ1) is 30.8. The maximum Gasteiger partial charge on any atom is 0.264 e. The Morgan fingerprint density at radius 3 is 2.29 bits per heavy atom. The van der Waals surface area contributed by atoms with Gasteiger partial charge in [0, 0.05) is 17.1 Å². The summed E-state index contributed by atoms with van der Waals surface area (Å²) in [4.78, 5) is 29.4. The highest BCUT2D eigenvalue weighted by atomic mass is 79.9. The first-order valence-electron chi connectivity index (χ1n) is 14.1. The predicted octanol–water partition coefficient (Wildman–Crippen LogP) is 6.13. The number of rotatable bonds is 11. The zero-order valence-corrected chi connectivity index (χ0v) is 26.2. The second kappa shape index (κ2) is 13.7. The third-order valence-corrected chi connectivity index (χ3v) is 9.95. The first-order chi connectivity index (χ1) is 19.6. The summed E-state index contributed by atoms with van der Waals surface area (Å²) >= 11 is 3.44. The molecule has 1 N–H and O–H groups in total. The molecular weight excluding hydrogens is 602 g/mol. The molecule has 1 atom stereocenters. The molecule has 9 heteroatoms. The lowest BCUT2D eigenvalue weighted by molar-refractivity contribution is -0.140.